The number of hydrogen-bond donors (Lipinski definition) is 3. The highest BCUT2D eigenvalue weighted by Crippen LogP contribution is 2.24. The quantitative estimate of drug-likeness (QED) is 0.748. The van der Waals surface area contributed by atoms with E-state index in [4.69, 9.17) is 0 Å². The van der Waals surface area contributed by atoms with Gasteiger partial charge in [0.15, 0.2) is 0 Å². The zero-order chi connectivity index (χ0) is 15.9. The summed E-state index contributed by atoms with van der Waals surface area (Å²) < 4.78 is 0. The molecule has 0 aromatic carbocycles. The molecule has 0 saturated heterocycles. The van der Waals surface area contributed by atoms with E-state index in [1.807, 2.05) is 6.92 Å². The third kappa shape index (κ3) is 5.27. The molecule has 5 heteroatoms. The number of hydrogen-bond acceptors (Lipinski definition) is 3. The van der Waals surface area contributed by atoms with Crippen molar-refractivity contribution in [1.29, 1.82) is 0 Å². The van der Waals surface area contributed by atoms with Gasteiger partial charge in [-0.15, -0.1) is 0 Å². The lowest BCUT2D eigenvalue weighted by Crippen LogP contribution is -2.53. The third-order valence-corrected chi connectivity index (χ3v) is 5.15. The summed E-state index contributed by atoms with van der Waals surface area (Å²) in [6.45, 7) is 4.07. The van der Waals surface area contributed by atoms with E-state index in [2.05, 4.69) is 22.9 Å². The molecule has 0 bridgehead atoms. The Hall–Kier alpha value is -1.10. The molecule has 2 rings (SSSR count). The Balaban J connectivity index is 1.71. The van der Waals surface area contributed by atoms with Crippen molar-refractivity contribution in [2.24, 2.45) is 5.92 Å². The van der Waals surface area contributed by atoms with Gasteiger partial charge in [0.1, 0.15) is 0 Å². The largest absolute Gasteiger partial charge is 0.335 e. The van der Waals surface area contributed by atoms with Crippen LogP contribution >= 0.6 is 0 Å². The Morgan fingerprint density at radius 2 is 1.59 bits per heavy atom. The van der Waals surface area contributed by atoms with Gasteiger partial charge in [0.2, 0.25) is 5.91 Å². The van der Waals surface area contributed by atoms with E-state index in [0.717, 1.165) is 32.1 Å². The van der Waals surface area contributed by atoms with Crippen LogP contribution in [0.25, 0.3) is 0 Å². The molecule has 0 radical (unpaired) electrons. The Kier molecular flexibility index (Phi) is 6.68. The molecule has 0 aliphatic heterocycles. The predicted octanol–water partition coefficient (Wildman–Crippen LogP) is 2.70. The average molecular weight is 309 g/mol. The van der Waals surface area contributed by atoms with Gasteiger partial charge in [0.05, 0.1) is 6.04 Å². The van der Waals surface area contributed by atoms with Crippen LogP contribution in [0.1, 0.15) is 71.6 Å². The molecule has 22 heavy (non-hydrogen) atoms. The van der Waals surface area contributed by atoms with Gasteiger partial charge in [-0.3, -0.25) is 10.1 Å². The Bertz CT molecular complexity index is 380. The van der Waals surface area contributed by atoms with Crippen LogP contribution in [-0.4, -0.2) is 30.1 Å². The lowest BCUT2D eigenvalue weighted by molar-refractivity contribution is -0.122. The highest BCUT2D eigenvalue weighted by Gasteiger charge is 2.26. The topological polar surface area (TPSA) is 70.2 Å². The summed E-state index contributed by atoms with van der Waals surface area (Å²) in [6.07, 6.45) is 10.5. The first-order valence-electron chi connectivity index (χ1n) is 8.93. The van der Waals surface area contributed by atoms with Gasteiger partial charge in [0, 0.05) is 12.1 Å². The Morgan fingerprint density at radius 1 is 0.955 bits per heavy atom. The van der Waals surface area contributed by atoms with Crippen molar-refractivity contribution in [1.82, 2.24) is 16.0 Å². The molecule has 2 aliphatic rings. The number of nitrogens with one attached hydrogen (secondary N) is 3. The van der Waals surface area contributed by atoms with Crippen molar-refractivity contribution in [3.63, 3.8) is 0 Å². The van der Waals surface area contributed by atoms with Gasteiger partial charge < -0.3 is 10.6 Å². The molecule has 3 atom stereocenters. The Morgan fingerprint density at radius 3 is 2.27 bits per heavy atom. The average Bonchev–Trinajstić information content (AvgIpc) is 2.50. The second-order valence-electron chi connectivity index (χ2n) is 7.05. The van der Waals surface area contributed by atoms with Gasteiger partial charge in [-0.25, -0.2) is 4.79 Å². The fourth-order valence-corrected chi connectivity index (χ4v) is 3.65. The smallest absolute Gasteiger partial charge is 0.321 e. The number of amides is 3. The lowest BCUT2D eigenvalue weighted by atomic mass is 9.85. The number of imide groups is 1. The molecule has 126 valence electrons. The summed E-state index contributed by atoms with van der Waals surface area (Å²) in [5.74, 6) is 0.367. The van der Waals surface area contributed by atoms with Crippen LogP contribution < -0.4 is 16.0 Å². The maximum Gasteiger partial charge on any atom is 0.321 e. The van der Waals surface area contributed by atoms with Gasteiger partial charge in [0.25, 0.3) is 0 Å². The standard InChI is InChI=1S/C17H31N3O2/c1-12-8-6-7-11-15(12)18-13(2)16(21)20-17(22)19-14-9-4-3-5-10-14/h12-15,18H,3-11H2,1-2H3,(H2,19,20,21,22)/t12-,13-,15-/m0/s1. The zero-order valence-electron chi connectivity index (χ0n) is 14.0. The van der Waals surface area contributed by atoms with Crippen LogP contribution in [0.15, 0.2) is 0 Å². The molecule has 3 N–H and O–H groups in total. The van der Waals surface area contributed by atoms with Gasteiger partial charge in [-0.2, -0.15) is 0 Å². The van der Waals surface area contributed by atoms with Crippen LogP contribution in [0, 0.1) is 5.92 Å². The SMILES string of the molecule is C[C@H](N[C@H]1CCCC[C@@H]1C)C(=O)NC(=O)NC1CCCCC1. The molecular formula is C17H31N3O2. The summed E-state index contributed by atoms with van der Waals surface area (Å²) in [5, 5.41) is 8.78. The van der Waals surface area contributed by atoms with Crippen LogP contribution in [-0.2, 0) is 4.79 Å². The van der Waals surface area contributed by atoms with Crippen molar-refractivity contribution in [3.8, 4) is 0 Å². The van der Waals surface area contributed by atoms with E-state index in [1.54, 1.807) is 0 Å². The van der Waals surface area contributed by atoms with Crippen molar-refractivity contribution in [2.75, 3.05) is 0 Å². The third-order valence-electron chi connectivity index (χ3n) is 5.15. The minimum absolute atomic E-state index is 0.225. The molecule has 2 saturated carbocycles. The minimum atomic E-state index is -0.345. The first kappa shape index (κ1) is 17.3. The fraction of sp³-hybridized carbons (Fsp3) is 0.882. The summed E-state index contributed by atoms with van der Waals surface area (Å²) in [4.78, 5) is 24.1. The first-order chi connectivity index (χ1) is 10.6. The fourth-order valence-electron chi connectivity index (χ4n) is 3.65. The number of rotatable bonds is 4. The highest BCUT2D eigenvalue weighted by molar-refractivity contribution is 5.96. The van der Waals surface area contributed by atoms with Crippen LogP contribution in [0.4, 0.5) is 4.79 Å². The van der Waals surface area contributed by atoms with Gasteiger partial charge >= 0.3 is 6.03 Å². The molecule has 0 heterocycles. The summed E-state index contributed by atoms with van der Waals surface area (Å²) in [5.41, 5.74) is 0. The molecule has 2 aliphatic carbocycles. The van der Waals surface area contributed by atoms with Crippen LogP contribution in [0.2, 0.25) is 0 Å². The van der Waals surface area contributed by atoms with E-state index in [9.17, 15) is 9.59 Å². The second-order valence-corrected chi connectivity index (χ2v) is 7.05. The summed E-state index contributed by atoms with van der Waals surface area (Å²) in [6, 6.07) is -0.0658. The lowest BCUT2D eigenvalue weighted by Gasteiger charge is -2.31. The summed E-state index contributed by atoms with van der Waals surface area (Å²) in [7, 11) is 0. The molecule has 0 aromatic heterocycles. The molecule has 5 nitrogen and oxygen atoms in total. The first-order valence-corrected chi connectivity index (χ1v) is 8.93. The molecule has 2 fully saturated rings. The molecule has 0 aromatic rings. The van der Waals surface area contributed by atoms with E-state index in [-0.39, 0.29) is 24.0 Å². The number of carbonyl (C=O) groups is 2. The molecule has 3 amide bonds. The number of urea groups is 1. The highest BCUT2D eigenvalue weighted by atomic mass is 16.2. The second kappa shape index (κ2) is 8.51. The minimum Gasteiger partial charge on any atom is -0.335 e. The van der Waals surface area contributed by atoms with Gasteiger partial charge in [-0.1, -0.05) is 39.0 Å². The monoisotopic (exact) mass is 309 g/mol. The van der Waals surface area contributed by atoms with Crippen molar-refractivity contribution in [2.45, 2.75) is 89.8 Å². The van der Waals surface area contributed by atoms with Gasteiger partial charge in [-0.05, 0) is 38.5 Å². The van der Waals surface area contributed by atoms with E-state index in [1.165, 1.54) is 25.7 Å². The maximum absolute atomic E-state index is 12.1. The van der Waals surface area contributed by atoms with Crippen LogP contribution in [0.3, 0.4) is 0 Å². The summed E-state index contributed by atoms with van der Waals surface area (Å²) >= 11 is 0. The van der Waals surface area contributed by atoms with E-state index >= 15 is 0 Å². The van der Waals surface area contributed by atoms with Crippen molar-refractivity contribution >= 4 is 11.9 Å². The normalized spacial score (nSPS) is 27.9. The van der Waals surface area contributed by atoms with Crippen LogP contribution in [0.5, 0.6) is 0 Å². The van der Waals surface area contributed by atoms with E-state index in [0.29, 0.717) is 12.0 Å². The predicted molar refractivity (Wildman–Crippen MR) is 87.6 cm³/mol. The van der Waals surface area contributed by atoms with Crippen molar-refractivity contribution < 1.29 is 9.59 Å². The maximum atomic E-state index is 12.1. The van der Waals surface area contributed by atoms with E-state index < -0.39 is 0 Å². The zero-order valence-corrected chi connectivity index (χ0v) is 14.0. The van der Waals surface area contributed by atoms with Crippen molar-refractivity contribution in [3.05, 3.63) is 0 Å². The molecule has 0 unspecified atom stereocenters. The molecule has 0 spiro atoms. The molecular weight excluding hydrogens is 278 g/mol. The Labute approximate surface area is 134 Å². The number of carbonyl (C=O) groups excluding carboxylic acids is 2.